The second-order valence-electron chi connectivity index (χ2n) is 7.01. The number of nitrogens with one attached hydrogen (secondary N) is 1. The molecule has 2 aromatic rings. The van der Waals surface area contributed by atoms with E-state index in [4.69, 9.17) is 16.3 Å². The first-order chi connectivity index (χ1) is 13.7. The second-order valence-corrected chi connectivity index (χ2v) is 7.39. The van der Waals surface area contributed by atoms with Crippen molar-refractivity contribution < 1.29 is 19.1 Å². The fourth-order valence-corrected chi connectivity index (χ4v) is 3.13. The highest BCUT2D eigenvalue weighted by Gasteiger charge is 2.39. The summed E-state index contributed by atoms with van der Waals surface area (Å²) in [6.45, 7) is 7.34. The van der Waals surface area contributed by atoms with Crippen molar-refractivity contribution in [2.45, 2.75) is 33.8 Å². The molecule has 1 aliphatic heterocycles. The number of imide groups is 1. The number of halogens is 1. The third-order valence-electron chi connectivity index (χ3n) is 4.57. The van der Waals surface area contributed by atoms with E-state index in [9.17, 15) is 14.4 Å². The average Bonchev–Trinajstić information content (AvgIpc) is 2.88. The van der Waals surface area contributed by atoms with Gasteiger partial charge >= 0.3 is 5.97 Å². The minimum atomic E-state index is -0.654. The number of carbonyl (C=O) groups excluding carboxylic acids is 3. The molecular formula is C22H21ClN2O4. The molecule has 0 aliphatic carbocycles. The van der Waals surface area contributed by atoms with Crippen LogP contribution < -0.4 is 10.2 Å². The van der Waals surface area contributed by atoms with E-state index in [2.05, 4.69) is 5.32 Å². The summed E-state index contributed by atoms with van der Waals surface area (Å²) in [4.78, 5) is 38.8. The van der Waals surface area contributed by atoms with Gasteiger partial charge < -0.3 is 10.1 Å². The summed E-state index contributed by atoms with van der Waals surface area (Å²) in [6.07, 6.45) is -0.286. The summed E-state index contributed by atoms with van der Waals surface area (Å²) in [6, 6.07) is 11.7. The molecule has 150 valence electrons. The maximum atomic E-state index is 13.0. The minimum Gasteiger partial charge on any atom is -0.459 e. The molecule has 0 aromatic heterocycles. The Kier molecular flexibility index (Phi) is 5.75. The number of hydrogen-bond donors (Lipinski definition) is 1. The molecule has 0 unspecified atom stereocenters. The largest absolute Gasteiger partial charge is 0.459 e. The molecule has 0 radical (unpaired) electrons. The fourth-order valence-electron chi connectivity index (χ4n) is 2.92. The molecule has 0 fully saturated rings. The Morgan fingerprint density at radius 2 is 1.76 bits per heavy atom. The lowest BCUT2D eigenvalue weighted by atomic mass is 10.1. The number of benzene rings is 2. The monoisotopic (exact) mass is 412 g/mol. The molecule has 6 nitrogen and oxygen atoms in total. The van der Waals surface area contributed by atoms with Gasteiger partial charge in [-0.05, 0) is 63.1 Å². The molecule has 7 heteroatoms. The zero-order valence-corrected chi connectivity index (χ0v) is 17.3. The lowest BCUT2D eigenvalue weighted by Gasteiger charge is -2.17. The van der Waals surface area contributed by atoms with Crippen molar-refractivity contribution >= 4 is 40.8 Å². The maximum absolute atomic E-state index is 13.0. The van der Waals surface area contributed by atoms with E-state index in [1.54, 1.807) is 32.0 Å². The zero-order chi connectivity index (χ0) is 21.3. The van der Waals surface area contributed by atoms with Gasteiger partial charge in [-0.1, -0.05) is 29.8 Å². The van der Waals surface area contributed by atoms with Crippen LogP contribution in [0.25, 0.3) is 0 Å². The van der Waals surface area contributed by atoms with Crippen LogP contribution in [0.15, 0.2) is 53.2 Å². The first-order valence-corrected chi connectivity index (χ1v) is 9.51. The van der Waals surface area contributed by atoms with Gasteiger partial charge in [0.25, 0.3) is 11.8 Å². The number of hydrogen-bond acceptors (Lipinski definition) is 5. The highest BCUT2D eigenvalue weighted by molar-refractivity contribution is 6.53. The molecule has 2 amide bonds. The first kappa shape index (κ1) is 20.6. The molecule has 0 spiro atoms. The van der Waals surface area contributed by atoms with E-state index < -0.39 is 17.8 Å². The molecule has 2 aromatic carbocycles. The van der Waals surface area contributed by atoms with Gasteiger partial charge in [-0.15, -0.1) is 0 Å². The molecule has 3 rings (SSSR count). The van der Waals surface area contributed by atoms with E-state index in [1.165, 1.54) is 6.07 Å². The topological polar surface area (TPSA) is 75.7 Å². The molecule has 0 saturated heterocycles. The van der Waals surface area contributed by atoms with Crippen LogP contribution in [-0.4, -0.2) is 23.9 Å². The van der Waals surface area contributed by atoms with Crippen molar-refractivity contribution in [2.75, 3.05) is 10.2 Å². The highest BCUT2D eigenvalue weighted by atomic mass is 35.5. The number of ether oxygens (including phenoxy) is 1. The number of rotatable bonds is 5. The molecule has 1 heterocycles. The van der Waals surface area contributed by atoms with Crippen LogP contribution >= 0.6 is 11.6 Å². The lowest BCUT2D eigenvalue weighted by Crippen LogP contribution is -2.32. The molecule has 1 aliphatic rings. The van der Waals surface area contributed by atoms with E-state index in [1.807, 2.05) is 32.0 Å². The van der Waals surface area contributed by atoms with E-state index in [0.717, 1.165) is 16.0 Å². The van der Waals surface area contributed by atoms with Crippen molar-refractivity contribution in [3.05, 3.63) is 69.9 Å². The number of amides is 2. The van der Waals surface area contributed by atoms with Gasteiger partial charge in [0, 0.05) is 5.69 Å². The van der Waals surface area contributed by atoms with Gasteiger partial charge in [-0.25, -0.2) is 9.69 Å². The Balaban J connectivity index is 1.90. The van der Waals surface area contributed by atoms with Gasteiger partial charge in [0.05, 0.1) is 17.4 Å². The lowest BCUT2D eigenvalue weighted by molar-refractivity contribution is -0.120. The maximum Gasteiger partial charge on any atom is 0.338 e. The van der Waals surface area contributed by atoms with Crippen LogP contribution in [0.5, 0.6) is 0 Å². The molecule has 29 heavy (non-hydrogen) atoms. The van der Waals surface area contributed by atoms with E-state index in [0.29, 0.717) is 5.69 Å². The highest BCUT2D eigenvalue weighted by Crippen LogP contribution is 2.31. The molecule has 0 atom stereocenters. The van der Waals surface area contributed by atoms with Gasteiger partial charge in [-0.2, -0.15) is 0 Å². The Morgan fingerprint density at radius 1 is 1.07 bits per heavy atom. The van der Waals surface area contributed by atoms with E-state index in [-0.39, 0.29) is 28.1 Å². The molecule has 0 bridgehead atoms. The van der Waals surface area contributed by atoms with Crippen molar-refractivity contribution in [1.82, 2.24) is 0 Å². The summed E-state index contributed by atoms with van der Waals surface area (Å²) in [7, 11) is 0. The Labute approximate surface area is 174 Å². The predicted octanol–water partition coefficient (Wildman–Crippen LogP) is 4.30. The number of nitrogens with zero attached hydrogens (tertiary/aromatic N) is 1. The summed E-state index contributed by atoms with van der Waals surface area (Å²) >= 11 is 6.19. The van der Waals surface area contributed by atoms with Crippen molar-refractivity contribution in [3.8, 4) is 0 Å². The Bertz CT molecular complexity index is 1040. The van der Waals surface area contributed by atoms with Gasteiger partial charge in [-0.3, -0.25) is 9.59 Å². The summed E-state index contributed by atoms with van der Waals surface area (Å²) in [5, 5.41) is 2.78. The summed E-state index contributed by atoms with van der Waals surface area (Å²) < 4.78 is 5.18. The smallest absolute Gasteiger partial charge is 0.338 e. The van der Waals surface area contributed by atoms with Gasteiger partial charge in [0.2, 0.25) is 0 Å². The van der Waals surface area contributed by atoms with Gasteiger partial charge in [0.15, 0.2) is 0 Å². The average molecular weight is 413 g/mol. The number of esters is 1. The molecule has 0 saturated carbocycles. The van der Waals surface area contributed by atoms with Crippen LogP contribution in [0.2, 0.25) is 0 Å². The quantitative estimate of drug-likeness (QED) is 0.585. The minimum absolute atomic E-state index is 0.000488. The normalized spacial score (nSPS) is 14.1. The third-order valence-corrected chi connectivity index (χ3v) is 4.93. The third kappa shape index (κ3) is 4.03. The predicted molar refractivity (Wildman–Crippen MR) is 112 cm³/mol. The molecular weight excluding hydrogens is 392 g/mol. The fraction of sp³-hybridized carbons (Fsp3) is 0.227. The van der Waals surface area contributed by atoms with Crippen LogP contribution in [0.4, 0.5) is 11.4 Å². The summed E-state index contributed by atoms with van der Waals surface area (Å²) in [5.74, 6) is -1.78. The van der Waals surface area contributed by atoms with E-state index >= 15 is 0 Å². The van der Waals surface area contributed by atoms with Crippen molar-refractivity contribution in [1.29, 1.82) is 0 Å². The van der Waals surface area contributed by atoms with Crippen LogP contribution in [-0.2, 0) is 14.3 Å². The Hall–Kier alpha value is -3.12. The van der Waals surface area contributed by atoms with Crippen LogP contribution in [0, 0.1) is 13.8 Å². The number of aryl methyl sites for hydroxylation is 1. The SMILES string of the molecule is Cc1cccc(NC2=C(Cl)C(=O)N(c3cccc(C(=O)OC(C)C)c3)C2=O)c1C. The van der Waals surface area contributed by atoms with Gasteiger partial charge in [0.1, 0.15) is 10.7 Å². The number of anilines is 2. The Morgan fingerprint density at radius 3 is 2.45 bits per heavy atom. The number of carbonyl (C=O) groups is 3. The first-order valence-electron chi connectivity index (χ1n) is 9.13. The zero-order valence-electron chi connectivity index (χ0n) is 16.6. The van der Waals surface area contributed by atoms with Crippen molar-refractivity contribution in [3.63, 3.8) is 0 Å². The van der Waals surface area contributed by atoms with Crippen LogP contribution in [0.3, 0.4) is 0 Å². The molecule has 1 N–H and O–H groups in total. The van der Waals surface area contributed by atoms with Crippen LogP contribution in [0.1, 0.15) is 35.3 Å². The second kappa shape index (κ2) is 8.09. The van der Waals surface area contributed by atoms with Crippen molar-refractivity contribution in [2.24, 2.45) is 0 Å². The standard InChI is InChI=1S/C22H21ClN2O4/c1-12(2)29-22(28)15-8-6-9-16(11-15)25-20(26)18(23)19(21(25)27)24-17-10-5-7-13(3)14(17)4/h5-12,24H,1-4H3. The summed E-state index contributed by atoms with van der Waals surface area (Å²) in [5.41, 5.74) is 3.16.